The third-order valence-corrected chi connectivity index (χ3v) is 6.35. The second kappa shape index (κ2) is 11.1. The van der Waals surface area contributed by atoms with Crippen LogP contribution in [0.3, 0.4) is 0 Å². The smallest absolute Gasteiger partial charge is 0.164 e. The van der Waals surface area contributed by atoms with Gasteiger partial charge in [0.1, 0.15) is 12.4 Å². The highest BCUT2D eigenvalue weighted by atomic mass is 32.1. The van der Waals surface area contributed by atoms with Gasteiger partial charge in [-0.2, -0.15) is 4.37 Å². The van der Waals surface area contributed by atoms with Gasteiger partial charge in [-0.05, 0) is 42.2 Å². The molecule has 1 unspecified atom stereocenters. The van der Waals surface area contributed by atoms with Crippen LogP contribution < -0.4 is 25.3 Å². The molecule has 1 atom stereocenters. The van der Waals surface area contributed by atoms with E-state index in [0.717, 1.165) is 40.9 Å². The molecule has 0 saturated heterocycles. The summed E-state index contributed by atoms with van der Waals surface area (Å²) >= 11 is 1.50. The number of fused-ring (bicyclic) bond motifs is 1. The summed E-state index contributed by atoms with van der Waals surface area (Å²) in [6.45, 7) is 1.85. The molecule has 0 amide bonds. The van der Waals surface area contributed by atoms with E-state index in [1.54, 1.807) is 14.2 Å². The summed E-state index contributed by atoms with van der Waals surface area (Å²) in [5, 5.41) is 4.63. The SMILES string of the molecule is COc1cc(CNCCC(N)c2nsc3ccccc23)c(OCc2ccccc2)cc1OC. The molecule has 0 aliphatic rings. The van der Waals surface area contributed by atoms with Gasteiger partial charge in [0.25, 0.3) is 0 Å². The number of nitrogens with two attached hydrogens (primary N) is 1. The third kappa shape index (κ3) is 5.63. The van der Waals surface area contributed by atoms with Gasteiger partial charge in [0.2, 0.25) is 0 Å². The van der Waals surface area contributed by atoms with Crippen molar-refractivity contribution in [1.82, 2.24) is 9.69 Å². The molecule has 4 aromatic rings. The minimum absolute atomic E-state index is 0.118. The molecule has 0 spiro atoms. The summed E-state index contributed by atoms with van der Waals surface area (Å²) < 4.78 is 22.9. The molecule has 172 valence electrons. The predicted octanol–water partition coefficient (Wildman–Crippen LogP) is 5.07. The number of aromatic nitrogens is 1. The first-order valence-corrected chi connectivity index (χ1v) is 11.7. The molecule has 0 saturated carbocycles. The van der Waals surface area contributed by atoms with Gasteiger partial charge in [-0.1, -0.05) is 48.5 Å². The van der Waals surface area contributed by atoms with Crippen molar-refractivity contribution in [2.75, 3.05) is 20.8 Å². The van der Waals surface area contributed by atoms with Gasteiger partial charge in [0.15, 0.2) is 11.5 Å². The Labute approximate surface area is 198 Å². The van der Waals surface area contributed by atoms with Crippen molar-refractivity contribution < 1.29 is 14.2 Å². The number of ether oxygens (including phenoxy) is 3. The number of benzene rings is 3. The fourth-order valence-corrected chi connectivity index (χ4v) is 4.54. The minimum Gasteiger partial charge on any atom is -0.493 e. The van der Waals surface area contributed by atoms with Crippen molar-refractivity contribution in [1.29, 1.82) is 0 Å². The molecule has 3 aromatic carbocycles. The Morgan fingerprint density at radius 2 is 1.67 bits per heavy atom. The monoisotopic (exact) mass is 463 g/mol. The van der Waals surface area contributed by atoms with Crippen LogP contribution in [0.5, 0.6) is 17.2 Å². The molecule has 1 aromatic heterocycles. The molecule has 1 heterocycles. The van der Waals surface area contributed by atoms with Crippen LogP contribution in [0.1, 0.15) is 29.3 Å². The van der Waals surface area contributed by atoms with Gasteiger partial charge in [-0.25, -0.2) is 0 Å². The Kier molecular flexibility index (Phi) is 7.78. The highest BCUT2D eigenvalue weighted by Gasteiger charge is 2.15. The van der Waals surface area contributed by atoms with E-state index < -0.39 is 0 Å². The van der Waals surface area contributed by atoms with E-state index in [1.165, 1.54) is 16.2 Å². The summed E-state index contributed by atoms with van der Waals surface area (Å²) in [5.74, 6) is 2.08. The topological polar surface area (TPSA) is 78.6 Å². The number of hydrogen-bond acceptors (Lipinski definition) is 7. The van der Waals surface area contributed by atoms with Crippen LogP contribution in [0.4, 0.5) is 0 Å². The highest BCUT2D eigenvalue weighted by Crippen LogP contribution is 2.35. The molecular formula is C26H29N3O3S. The standard InChI is InChI=1S/C26H29N3O3S/c1-30-23-14-19(22(15-24(23)31-2)32-17-18-8-4-3-5-9-18)16-28-13-12-21(27)26-20-10-6-7-11-25(20)33-29-26/h3-11,14-15,21,28H,12-13,16-17,27H2,1-2H3. The van der Waals surface area contributed by atoms with E-state index in [9.17, 15) is 0 Å². The average molecular weight is 464 g/mol. The lowest BCUT2D eigenvalue weighted by atomic mass is 10.1. The molecule has 0 aliphatic carbocycles. The Morgan fingerprint density at radius 3 is 2.45 bits per heavy atom. The first-order chi connectivity index (χ1) is 16.2. The number of rotatable bonds is 11. The molecule has 33 heavy (non-hydrogen) atoms. The summed E-state index contributed by atoms with van der Waals surface area (Å²) in [7, 11) is 3.26. The molecule has 6 nitrogen and oxygen atoms in total. The highest BCUT2D eigenvalue weighted by molar-refractivity contribution is 7.13. The Morgan fingerprint density at radius 1 is 0.939 bits per heavy atom. The van der Waals surface area contributed by atoms with Gasteiger partial charge in [0.05, 0.1) is 24.6 Å². The van der Waals surface area contributed by atoms with E-state index in [2.05, 4.69) is 21.8 Å². The first-order valence-electron chi connectivity index (χ1n) is 10.9. The molecule has 0 radical (unpaired) electrons. The molecule has 0 bridgehead atoms. The fraction of sp³-hybridized carbons (Fsp3) is 0.269. The summed E-state index contributed by atoms with van der Waals surface area (Å²) in [5.41, 5.74) is 9.52. The van der Waals surface area contributed by atoms with Gasteiger partial charge in [-0.15, -0.1) is 0 Å². The Hall–Kier alpha value is -3.13. The lowest BCUT2D eigenvalue weighted by Crippen LogP contribution is -2.21. The van der Waals surface area contributed by atoms with Crippen LogP contribution >= 0.6 is 11.5 Å². The molecule has 3 N–H and O–H groups in total. The van der Waals surface area contributed by atoms with Crippen molar-refractivity contribution in [3.8, 4) is 17.2 Å². The third-order valence-electron chi connectivity index (χ3n) is 5.51. The van der Waals surface area contributed by atoms with E-state index in [0.29, 0.717) is 24.7 Å². The van der Waals surface area contributed by atoms with Crippen molar-refractivity contribution in [2.45, 2.75) is 25.6 Å². The van der Waals surface area contributed by atoms with Crippen molar-refractivity contribution in [2.24, 2.45) is 5.73 Å². The summed E-state index contributed by atoms with van der Waals surface area (Å²) in [6.07, 6.45) is 0.779. The maximum absolute atomic E-state index is 6.45. The van der Waals surface area contributed by atoms with Crippen molar-refractivity contribution >= 4 is 21.6 Å². The van der Waals surface area contributed by atoms with Crippen molar-refractivity contribution in [3.63, 3.8) is 0 Å². The second-order valence-corrected chi connectivity index (χ2v) is 8.53. The lowest BCUT2D eigenvalue weighted by molar-refractivity contribution is 0.296. The fourth-order valence-electron chi connectivity index (χ4n) is 3.70. The van der Waals surface area contributed by atoms with Crippen LogP contribution in [0.15, 0.2) is 66.7 Å². The van der Waals surface area contributed by atoms with Gasteiger partial charge in [0, 0.05) is 29.6 Å². The number of hydrogen-bond donors (Lipinski definition) is 2. The first kappa shape index (κ1) is 23.0. The minimum atomic E-state index is -0.118. The van der Waals surface area contributed by atoms with Crippen molar-refractivity contribution in [3.05, 3.63) is 83.6 Å². The average Bonchev–Trinajstić information content (AvgIpc) is 3.30. The molecule has 0 aliphatic heterocycles. The number of methoxy groups -OCH3 is 2. The van der Waals surface area contributed by atoms with Crippen LogP contribution in [0.2, 0.25) is 0 Å². The van der Waals surface area contributed by atoms with E-state index in [4.69, 9.17) is 19.9 Å². The number of nitrogens with zero attached hydrogens (tertiary/aromatic N) is 1. The summed E-state index contributed by atoms with van der Waals surface area (Å²) in [4.78, 5) is 0. The summed E-state index contributed by atoms with van der Waals surface area (Å²) in [6, 6.07) is 22.0. The van der Waals surface area contributed by atoms with E-state index >= 15 is 0 Å². The lowest BCUT2D eigenvalue weighted by Gasteiger charge is -2.17. The zero-order chi connectivity index (χ0) is 23.0. The van der Waals surface area contributed by atoms with Crippen LogP contribution in [-0.2, 0) is 13.2 Å². The normalized spacial score (nSPS) is 12.0. The Balaban J connectivity index is 1.40. The predicted molar refractivity (Wildman–Crippen MR) is 133 cm³/mol. The van der Waals surface area contributed by atoms with Crippen LogP contribution in [-0.4, -0.2) is 25.1 Å². The van der Waals surface area contributed by atoms with E-state index in [-0.39, 0.29) is 6.04 Å². The Bertz CT molecular complexity index is 1180. The second-order valence-electron chi connectivity index (χ2n) is 7.73. The van der Waals surface area contributed by atoms with Gasteiger partial charge >= 0.3 is 0 Å². The number of nitrogens with one attached hydrogen (secondary N) is 1. The van der Waals surface area contributed by atoms with Gasteiger partial charge < -0.3 is 25.3 Å². The van der Waals surface area contributed by atoms with E-state index in [1.807, 2.05) is 54.6 Å². The molecule has 0 fully saturated rings. The molecular weight excluding hydrogens is 434 g/mol. The molecule has 7 heteroatoms. The largest absolute Gasteiger partial charge is 0.493 e. The van der Waals surface area contributed by atoms with Crippen LogP contribution in [0, 0.1) is 0 Å². The molecule has 4 rings (SSSR count). The zero-order valence-corrected chi connectivity index (χ0v) is 19.7. The maximum Gasteiger partial charge on any atom is 0.164 e. The quantitative estimate of drug-likeness (QED) is 0.302. The maximum atomic E-state index is 6.45. The van der Waals surface area contributed by atoms with Crippen LogP contribution in [0.25, 0.3) is 10.1 Å². The van der Waals surface area contributed by atoms with Gasteiger partial charge in [-0.3, -0.25) is 0 Å². The zero-order valence-electron chi connectivity index (χ0n) is 18.9.